The van der Waals surface area contributed by atoms with Crippen LogP contribution in [0, 0.1) is 0 Å². The van der Waals surface area contributed by atoms with Crippen LogP contribution in [0.5, 0.6) is 0 Å². The van der Waals surface area contributed by atoms with Crippen LogP contribution in [0.4, 0.5) is 0 Å². The van der Waals surface area contributed by atoms with E-state index in [0.717, 1.165) is 5.75 Å². The van der Waals surface area contributed by atoms with Gasteiger partial charge < -0.3 is 0 Å². The summed E-state index contributed by atoms with van der Waals surface area (Å²) in [5.41, 5.74) is 1.43. The van der Waals surface area contributed by atoms with Gasteiger partial charge in [-0.1, -0.05) is 18.3 Å². The zero-order valence-corrected chi connectivity index (χ0v) is 19.0. The average molecular weight is 433 g/mol. The predicted molar refractivity (Wildman–Crippen MR) is 120 cm³/mol. The van der Waals surface area contributed by atoms with E-state index in [9.17, 15) is 4.79 Å². The molecule has 1 aromatic carbocycles. The number of benzene rings is 1. The third kappa shape index (κ3) is 5.01. The molecular formula is C17H20OS6. The van der Waals surface area contributed by atoms with E-state index in [-0.39, 0.29) is 5.12 Å². The molecule has 0 saturated heterocycles. The summed E-state index contributed by atoms with van der Waals surface area (Å²) >= 11 is 10.6. The first kappa shape index (κ1) is 20.8. The minimum absolute atomic E-state index is 0.0447. The topological polar surface area (TPSA) is 17.1 Å². The number of hydrogen-bond donors (Lipinski definition) is 0. The molecule has 0 bridgehead atoms. The van der Waals surface area contributed by atoms with Crippen LogP contribution in [-0.2, 0) is 4.79 Å². The highest BCUT2D eigenvalue weighted by Crippen LogP contribution is 2.58. The SMILES string of the molecule is C=CC(=O)SCC1=C(C)SC(c2c(SC)cc(SC)cc2SC)S1. The predicted octanol–water partition coefficient (Wildman–Crippen LogP) is 7.01. The molecule has 0 aliphatic carbocycles. The highest BCUT2D eigenvalue weighted by molar-refractivity contribution is 8.24. The van der Waals surface area contributed by atoms with Gasteiger partial charge in [0.2, 0.25) is 5.12 Å². The molecule has 0 radical (unpaired) electrons. The first-order chi connectivity index (χ1) is 11.5. The third-order valence-electron chi connectivity index (χ3n) is 3.43. The maximum Gasteiger partial charge on any atom is 0.211 e. The van der Waals surface area contributed by atoms with Crippen molar-refractivity contribution in [2.75, 3.05) is 24.5 Å². The summed E-state index contributed by atoms with van der Waals surface area (Å²) in [6, 6.07) is 4.60. The molecule has 2 rings (SSSR count). The lowest BCUT2D eigenvalue weighted by Gasteiger charge is -2.19. The third-order valence-corrected chi connectivity index (χ3v) is 9.70. The number of thioether (sulfide) groups is 6. The molecule has 1 heterocycles. The van der Waals surface area contributed by atoms with Crippen molar-refractivity contribution in [1.82, 2.24) is 0 Å². The van der Waals surface area contributed by atoms with Crippen LogP contribution >= 0.6 is 70.6 Å². The van der Waals surface area contributed by atoms with Crippen LogP contribution < -0.4 is 0 Å². The van der Waals surface area contributed by atoms with Crippen LogP contribution in [0.2, 0.25) is 0 Å². The van der Waals surface area contributed by atoms with E-state index in [1.807, 2.05) is 47.0 Å². The molecule has 0 aromatic heterocycles. The quantitative estimate of drug-likeness (QED) is 0.336. The van der Waals surface area contributed by atoms with Gasteiger partial charge in [0.25, 0.3) is 0 Å². The summed E-state index contributed by atoms with van der Waals surface area (Å²) in [4.78, 5) is 18.2. The van der Waals surface area contributed by atoms with Crippen LogP contribution in [0.1, 0.15) is 17.1 Å². The Kier molecular flexibility index (Phi) is 8.63. The maximum atomic E-state index is 11.5. The van der Waals surface area contributed by atoms with E-state index < -0.39 is 0 Å². The Balaban J connectivity index is 2.24. The Morgan fingerprint density at radius 2 is 1.79 bits per heavy atom. The van der Waals surface area contributed by atoms with E-state index in [4.69, 9.17) is 0 Å². The summed E-state index contributed by atoms with van der Waals surface area (Å²) < 4.78 is 0.375. The molecule has 1 unspecified atom stereocenters. The number of carbonyl (C=O) groups excluding carboxylic acids is 1. The van der Waals surface area contributed by atoms with Crippen molar-refractivity contribution in [2.24, 2.45) is 0 Å². The highest BCUT2D eigenvalue weighted by Gasteiger charge is 2.29. The molecule has 0 saturated carbocycles. The van der Waals surface area contributed by atoms with E-state index >= 15 is 0 Å². The zero-order chi connectivity index (χ0) is 17.7. The van der Waals surface area contributed by atoms with Crippen molar-refractivity contribution in [3.8, 4) is 0 Å². The molecule has 0 amide bonds. The summed E-state index contributed by atoms with van der Waals surface area (Å²) in [6.07, 6.45) is 7.82. The molecule has 7 heteroatoms. The van der Waals surface area contributed by atoms with Crippen LogP contribution in [0.3, 0.4) is 0 Å². The number of rotatable bonds is 7. The fourth-order valence-electron chi connectivity index (χ4n) is 2.18. The van der Waals surface area contributed by atoms with Gasteiger partial charge in [0.15, 0.2) is 0 Å². The van der Waals surface area contributed by atoms with Crippen LogP contribution in [-0.4, -0.2) is 29.6 Å². The summed E-state index contributed by atoms with van der Waals surface area (Å²) in [6.45, 7) is 5.71. The molecule has 1 nitrogen and oxygen atoms in total. The number of hydrogen-bond acceptors (Lipinski definition) is 7. The average Bonchev–Trinajstić information content (AvgIpc) is 2.98. The summed E-state index contributed by atoms with van der Waals surface area (Å²) in [5, 5.41) is 0.0447. The molecule has 0 fully saturated rings. The van der Waals surface area contributed by atoms with Gasteiger partial charge in [-0.05, 0) is 48.8 Å². The molecule has 1 aromatic rings. The van der Waals surface area contributed by atoms with Crippen molar-refractivity contribution in [1.29, 1.82) is 0 Å². The van der Waals surface area contributed by atoms with E-state index in [0.29, 0.717) is 4.58 Å². The molecule has 0 N–H and O–H groups in total. The first-order valence-corrected chi connectivity index (χ1v) is 13.6. The second-order valence-corrected chi connectivity index (χ2v) is 11.2. The van der Waals surface area contributed by atoms with Gasteiger partial charge >= 0.3 is 0 Å². The fourth-order valence-corrected chi connectivity index (χ4v) is 8.65. The van der Waals surface area contributed by atoms with Crippen LogP contribution in [0.25, 0.3) is 0 Å². The van der Waals surface area contributed by atoms with Crippen molar-refractivity contribution in [3.63, 3.8) is 0 Å². The Morgan fingerprint density at radius 1 is 1.17 bits per heavy atom. The standard InChI is InChI=1S/C17H20OS6/c1-6-15(18)22-9-14-10(2)23-17(24-14)16-12(20-4)7-11(19-3)8-13(16)21-5/h6-8,17H,1,9H2,2-5H3. The summed E-state index contributed by atoms with van der Waals surface area (Å²) in [5.74, 6) is 0.747. The van der Waals surface area contributed by atoms with Gasteiger partial charge in [-0.2, -0.15) is 0 Å². The molecule has 0 spiro atoms. The lowest BCUT2D eigenvalue weighted by atomic mass is 10.2. The molecular weight excluding hydrogens is 413 g/mol. The smallest absolute Gasteiger partial charge is 0.211 e. The number of allylic oxidation sites excluding steroid dienone is 1. The van der Waals surface area contributed by atoms with E-state index in [1.165, 1.54) is 47.9 Å². The van der Waals surface area contributed by atoms with Crippen molar-refractivity contribution in [2.45, 2.75) is 26.2 Å². The second kappa shape index (κ2) is 9.97. The zero-order valence-electron chi connectivity index (χ0n) is 14.1. The van der Waals surface area contributed by atoms with E-state index in [2.05, 4.69) is 44.4 Å². The largest absolute Gasteiger partial charge is 0.282 e. The Hall–Kier alpha value is 0.470. The van der Waals surface area contributed by atoms with E-state index in [1.54, 1.807) is 11.8 Å². The lowest BCUT2D eigenvalue weighted by molar-refractivity contribution is -0.107. The maximum absolute atomic E-state index is 11.5. The van der Waals surface area contributed by atoms with Gasteiger partial charge in [-0.25, -0.2) is 0 Å². The normalized spacial score (nSPS) is 17.4. The minimum Gasteiger partial charge on any atom is -0.282 e. The molecule has 1 atom stereocenters. The van der Waals surface area contributed by atoms with Crippen LogP contribution in [0.15, 0.2) is 49.3 Å². The first-order valence-electron chi connectivity index (χ1n) is 7.16. The minimum atomic E-state index is 0.0447. The Morgan fingerprint density at radius 3 is 2.29 bits per heavy atom. The van der Waals surface area contributed by atoms with Gasteiger partial charge in [0.05, 0.1) is 4.58 Å². The van der Waals surface area contributed by atoms with Crippen molar-refractivity contribution < 1.29 is 4.79 Å². The Bertz CT molecular complexity index is 642. The highest BCUT2D eigenvalue weighted by atomic mass is 32.2. The molecule has 24 heavy (non-hydrogen) atoms. The second-order valence-electron chi connectivity index (χ2n) is 4.80. The monoisotopic (exact) mass is 432 g/mol. The van der Waals surface area contributed by atoms with Gasteiger partial charge in [-0.3, -0.25) is 4.79 Å². The molecule has 1 aliphatic rings. The van der Waals surface area contributed by atoms with Gasteiger partial charge in [0.1, 0.15) is 0 Å². The van der Waals surface area contributed by atoms with Crippen molar-refractivity contribution in [3.05, 3.63) is 40.2 Å². The van der Waals surface area contributed by atoms with Gasteiger partial charge in [-0.15, -0.1) is 58.8 Å². The number of carbonyl (C=O) groups is 1. The lowest BCUT2D eigenvalue weighted by Crippen LogP contribution is -1.95. The molecule has 130 valence electrons. The van der Waals surface area contributed by atoms with Gasteiger partial charge in [0, 0.05) is 30.9 Å². The van der Waals surface area contributed by atoms with Crippen molar-refractivity contribution >= 4 is 75.7 Å². The fraction of sp³-hybridized carbons (Fsp3) is 0.353. The Labute approximate surface area is 170 Å². The molecule has 1 aliphatic heterocycles. The summed E-state index contributed by atoms with van der Waals surface area (Å²) in [7, 11) is 0.